The van der Waals surface area contributed by atoms with Crippen molar-refractivity contribution in [1.29, 1.82) is 0 Å². The normalized spacial score (nSPS) is 24.2. The van der Waals surface area contributed by atoms with Crippen molar-refractivity contribution in [1.82, 2.24) is 14.5 Å². The molecule has 0 spiro atoms. The van der Waals surface area contributed by atoms with Gasteiger partial charge in [0, 0.05) is 19.1 Å². The quantitative estimate of drug-likeness (QED) is 0.595. The summed E-state index contributed by atoms with van der Waals surface area (Å²) in [7, 11) is 0. The summed E-state index contributed by atoms with van der Waals surface area (Å²) in [6, 6.07) is 7.71. The van der Waals surface area contributed by atoms with E-state index in [1.54, 1.807) is 0 Å². The topological polar surface area (TPSA) is 55.2 Å². The number of carbonyl (C=O) groups excluding carboxylic acids is 1. The highest BCUT2D eigenvalue weighted by molar-refractivity contribution is 8.00. The molecule has 27 heavy (non-hydrogen) atoms. The van der Waals surface area contributed by atoms with E-state index in [2.05, 4.69) is 13.8 Å². The molecule has 2 heterocycles. The number of carbonyl (C=O) groups is 1. The van der Waals surface area contributed by atoms with Crippen molar-refractivity contribution in [2.45, 2.75) is 56.5 Å². The molecule has 1 aliphatic heterocycles. The van der Waals surface area contributed by atoms with Crippen LogP contribution in [0.25, 0.3) is 10.9 Å². The lowest BCUT2D eigenvalue weighted by Crippen LogP contribution is -2.45. The number of para-hydroxylation sites is 1. The Morgan fingerprint density at radius 3 is 2.52 bits per heavy atom. The van der Waals surface area contributed by atoms with Gasteiger partial charge in [0.1, 0.15) is 0 Å². The lowest BCUT2D eigenvalue weighted by Gasteiger charge is -2.36. The summed E-state index contributed by atoms with van der Waals surface area (Å²) in [6.45, 7) is 8.02. The Kier molecular flexibility index (Phi) is 5.01. The Hall–Kier alpha value is -1.82. The van der Waals surface area contributed by atoms with Crippen LogP contribution in [0.5, 0.6) is 0 Å². The molecule has 1 aliphatic carbocycles. The number of hydrogen-bond donors (Lipinski definition) is 0. The first-order chi connectivity index (χ1) is 12.9. The minimum atomic E-state index is -0.249. The molecule has 4 rings (SSSR count). The second-order valence-corrected chi connectivity index (χ2v) is 9.58. The maximum atomic E-state index is 13.0. The van der Waals surface area contributed by atoms with E-state index in [1.807, 2.05) is 40.7 Å². The van der Waals surface area contributed by atoms with Crippen LogP contribution in [0, 0.1) is 11.8 Å². The van der Waals surface area contributed by atoms with Gasteiger partial charge in [-0.2, -0.15) is 0 Å². The Labute approximate surface area is 164 Å². The molecule has 3 atom stereocenters. The number of nitrogens with zero attached hydrogens (tertiary/aromatic N) is 3. The van der Waals surface area contributed by atoms with Gasteiger partial charge in [0.15, 0.2) is 5.16 Å². The van der Waals surface area contributed by atoms with E-state index in [1.165, 1.54) is 18.2 Å². The number of rotatable bonds is 4. The van der Waals surface area contributed by atoms with E-state index < -0.39 is 0 Å². The third kappa shape index (κ3) is 3.77. The van der Waals surface area contributed by atoms with E-state index >= 15 is 0 Å². The number of fused-ring (bicyclic) bond motifs is 1. The summed E-state index contributed by atoms with van der Waals surface area (Å²) >= 11 is 1.43. The predicted octanol–water partition coefficient (Wildman–Crippen LogP) is 3.72. The van der Waals surface area contributed by atoms with Crippen LogP contribution in [0.15, 0.2) is 34.2 Å². The van der Waals surface area contributed by atoms with Crippen LogP contribution in [0.4, 0.5) is 0 Å². The molecule has 0 N–H and O–H groups in total. The maximum Gasteiger partial charge on any atom is 0.262 e. The molecule has 1 saturated heterocycles. The summed E-state index contributed by atoms with van der Waals surface area (Å²) in [6.07, 6.45) is 3.20. The van der Waals surface area contributed by atoms with Gasteiger partial charge in [-0.05, 0) is 50.2 Å². The smallest absolute Gasteiger partial charge is 0.262 e. The maximum absolute atomic E-state index is 13.0. The van der Waals surface area contributed by atoms with Gasteiger partial charge < -0.3 is 4.90 Å². The number of aromatic nitrogens is 2. The standard InChI is InChI=1S/C21H27N3O2S/c1-13-10-14(2)12-23(11-13)19(25)15(3)27-21-22-18-7-5-4-6-17(18)20(26)24(21)16-8-9-16/h4-7,13-16H,8-12H2,1-3H3. The van der Waals surface area contributed by atoms with Gasteiger partial charge in [-0.3, -0.25) is 14.2 Å². The summed E-state index contributed by atoms with van der Waals surface area (Å²) in [4.78, 5) is 32.8. The Bertz CT molecular complexity index is 911. The molecule has 6 heteroatoms. The first kappa shape index (κ1) is 18.5. The highest BCUT2D eigenvalue weighted by Gasteiger charge is 2.32. The third-order valence-electron chi connectivity index (χ3n) is 5.50. The molecule has 1 amide bonds. The SMILES string of the molecule is CC1CC(C)CN(C(=O)C(C)Sc2nc3ccccc3c(=O)n2C2CC2)C1. The van der Waals surface area contributed by atoms with Gasteiger partial charge in [-0.25, -0.2) is 4.98 Å². The first-order valence-electron chi connectivity index (χ1n) is 9.90. The van der Waals surface area contributed by atoms with E-state index in [-0.39, 0.29) is 22.8 Å². The molecule has 2 fully saturated rings. The van der Waals surface area contributed by atoms with Crippen LogP contribution in [0.1, 0.15) is 46.1 Å². The molecule has 5 nitrogen and oxygen atoms in total. The van der Waals surface area contributed by atoms with Gasteiger partial charge in [0.25, 0.3) is 5.56 Å². The molecule has 1 saturated carbocycles. The van der Waals surface area contributed by atoms with Gasteiger partial charge >= 0.3 is 0 Å². The fourth-order valence-corrected chi connectivity index (χ4v) is 5.23. The molecular formula is C21H27N3O2S. The van der Waals surface area contributed by atoms with Gasteiger partial charge in [0.05, 0.1) is 16.2 Å². The number of piperidine rings is 1. The number of thioether (sulfide) groups is 1. The molecule has 144 valence electrons. The van der Waals surface area contributed by atoms with Crippen LogP contribution in [0.2, 0.25) is 0 Å². The number of likely N-dealkylation sites (tertiary alicyclic amines) is 1. The molecular weight excluding hydrogens is 358 g/mol. The monoisotopic (exact) mass is 385 g/mol. The fourth-order valence-electron chi connectivity index (χ4n) is 4.17. The van der Waals surface area contributed by atoms with Crippen molar-refractivity contribution in [2.24, 2.45) is 11.8 Å². The van der Waals surface area contributed by atoms with Crippen LogP contribution in [0.3, 0.4) is 0 Å². The second-order valence-electron chi connectivity index (χ2n) is 8.27. The number of benzene rings is 1. The number of hydrogen-bond acceptors (Lipinski definition) is 4. The van der Waals surface area contributed by atoms with Gasteiger partial charge in [-0.1, -0.05) is 37.7 Å². The summed E-state index contributed by atoms with van der Waals surface area (Å²) < 4.78 is 1.82. The zero-order valence-electron chi connectivity index (χ0n) is 16.2. The van der Waals surface area contributed by atoms with Crippen molar-refractivity contribution in [3.05, 3.63) is 34.6 Å². The number of amides is 1. The summed E-state index contributed by atoms with van der Waals surface area (Å²) in [5.74, 6) is 1.24. The lowest BCUT2D eigenvalue weighted by molar-refractivity contribution is -0.132. The van der Waals surface area contributed by atoms with Crippen LogP contribution in [-0.2, 0) is 4.79 Å². The van der Waals surface area contributed by atoms with E-state index in [4.69, 9.17) is 4.98 Å². The van der Waals surface area contributed by atoms with Crippen LogP contribution >= 0.6 is 11.8 Å². The minimum absolute atomic E-state index is 0.0189. The molecule has 3 unspecified atom stereocenters. The summed E-state index contributed by atoms with van der Waals surface area (Å²) in [5, 5.41) is 1.09. The van der Waals surface area contributed by atoms with E-state index in [0.717, 1.165) is 25.9 Å². The highest BCUT2D eigenvalue weighted by atomic mass is 32.2. The Morgan fingerprint density at radius 2 is 1.85 bits per heavy atom. The molecule has 0 bridgehead atoms. The second kappa shape index (κ2) is 7.30. The van der Waals surface area contributed by atoms with Gasteiger partial charge in [0.2, 0.25) is 5.91 Å². The van der Waals surface area contributed by atoms with Crippen LogP contribution in [-0.4, -0.2) is 38.7 Å². The largest absolute Gasteiger partial charge is 0.341 e. The Morgan fingerprint density at radius 1 is 1.19 bits per heavy atom. The van der Waals surface area contributed by atoms with Crippen molar-refractivity contribution in [3.63, 3.8) is 0 Å². The van der Waals surface area contributed by atoms with E-state index in [9.17, 15) is 9.59 Å². The molecule has 0 radical (unpaired) electrons. The van der Waals surface area contributed by atoms with Crippen molar-refractivity contribution >= 4 is 28.6 Å². The average Bonchev–Trinajstić information content (AvgIpc) is 3.45. The molecule has 1 aromatic heterocycles. The molecule has 2 aliphatic rings. The summed E-state index contributed by atoms with van der Waals surface area (Å²) in [5.41, 5.74) is 0.729. The zero-order chi connectivity index (χ0) is 19.1. The van der Waals surface area contributed by atoms with Gasteiger partial charge in [-0.15, -0.1) is 0 Å². The molecule has 2 aromatic rings. The minimum Gasteiger partial charge on any atom is -0.341 e. The van der Waals surface area contributed by atoms with E-state index in [0.29, 0.717) is 27.9 Å². The van der Waals surface area contributed by atoms with Crippen molar-refractivity contribution in [3.8, 4) is 0 Å². The third-order valence-corrected chi connectivity index (χ3v) is 6.55. The average molecular weight is 386 g/mol. The lowest BCUT2D eigenvalue weighted by atomic mass is 9.92. The van der Waals surface area contributed by atoms with Crippen molar-refractivity contribution < 1.29 is 4.79 Å². The van der Waals surface area contributed by atoms with Crippen LogP contribution < -0.4 is 5.56 Å². The molecule has 1 aromatic carbocycles. The fraction of sp³-hybridized carbons (Fsp3) is 0.571. The Balaban J connectivity index is 1.62. The zero-order valence-corrected chi connectivity index (χ0v) is 17.0. The predicted molar refractivity (Wildman–Crippen MR) is 109 cm³/mol. The highest BCUT2D eigenvalue weighted by Crippen LogP contribution is 2.38. The van der Waals surface area contributed by atoms with Crippen molar-refractivity contribution in [2.75, 3.05) is 13.1 Å². The first-order valence-corrected chi connectivity index (χ1v) is 10.8.